The summed E-state index contributed by atoms with van der Waals surface area (Å²) in [6.07, 6.45) is 5.05. The molecule has 2 N–H and O–H groups in total. The van der Waals surface area contributed by atoms with Crippen LogP contribution < -0.4 is 5.56 Å². The molecular formula is C13H11N5O. The molecule has 0 saturated carbocycles. The molecule has 6 heteroatoms. The van der Waals surface area contributed by atoms with Crippen molar-refractivity contribution < 1.29 is 0 Å². The predicted octanol–water partition coefficient (Wildman–Crippen LogP) is 1.53. The van der Waals surface area contributed by atoms with E-state index in [0.717, 1.165) is 11.1 Å². The minimum Gasteiger partial charge on any atom is -0.277 e. The molecule has 0 bridgehead atoms. The molecule has 3 heterocycles. The van der Waals surface area contributed by atoms with Crippen molar-refractivity contribution in [2.24, 2.45) is 0 Å². The highest BCUT2D eigenvalue weighted by atomic mass is 16.1. The van der Waals surface area contributed by atoms with Gasteiger partial charge in [0.15, 0.2) is 0 Å². The summed E-state index contributed by atoms with van der Waals surface area (Å²) in [4.78, 5) is 15.8. The molecule has 3 rings (SSSR count). The van der Waals surface area contributed by atoms with Gasteiger partial charge in [0.2, 0.25) is 0 Å². The zero-order valence-corrected chi connectivity index (χ0v) is 10.2. The second kappa shape index (κ2) is 4.49. The molecule has 0 aliphatic heterocycles. The lowest BCUT2D eigenvalue weighted by Gasteiger charge is -2.03. The van der Waals surface area contributed by atoms with Crippen LogP contribution >= 0.6 is 0 Å². The number of aromatic nitrogens is 5. The maximum absolute atomic E-state index is 11.9. The summed E-state index contributed by atoms with van der Waals surface area (Å²) in [6.45, 7) is 1.89. The number of aromatic amines is 2. The Morgan fingerprint density at radius 3 is 2.63 bits per heavy atom. The van der Waals surface area contributed by atoms with Gasteiger partial charge in [-0.25, -0.2) is 5.10 Å². The van der Waals surface area contributed by atoms with Crippen LogP contribution in [0.25, 0.3) is 22.5 Å². The lowest BCUT2D eigenvalue weighted by Crippen LogP contribution is -2.12. The van der Waals surface area contributed by atoms with Crippen molar-refractivity contribution in [3.63, 3.8) is 0 Å². The molecule has 94 valence electrons. The van der Waals surface area contributed by atoms with E-state index in [4.69, 9.17) is 0 Å². The van der Waals surface area contributed by atoms with Crippen molar-refractivity contribution in [2.45, 2.75) is 6.92 Å². The van der Waals surface area contributed by atoms with Gasteiger partial charge in [-0.2, -0.15) is 10.2 Å². The van der Waals surface area contributed by atoms with Crippen LogP contribution in [0.15, 0.2) is 41.6 Å². The molecule has 3 aromatic rings. The molecule has 0 aliphatic rings. The lowest BCUT2D eigenvalue weighted by atomic mass is 10.1. The molecule has 3 aromatic heterocycles. The van der Waals surface area contributed by atoms with Crippen LogP contribution in [-0.2, 0) is 0 Å². The maximum atomic E-state index is 11.9. The summed E-state index contributed by atoms with van der Waals surface area (Å²) in [5, 5.41) is 13.3. The first-order valence-corrected chi connectivity index (χ1v) is 5.76. The average Bonchev–Trinajstić information content (AvgIpc) is 2.86. The number of nitrogens with one attached hydrogen (secondary N) is 2. The standard InChI is InChI=1S/C13H11N5O/c1-8-7-15-17-12(8)10-6-11(16-18-13(10)19)9-2-4-14-5-3-9/h2-7H,1H3,(H,15,17)(H,18,19). The first-order valence-electron chi connectivity index (χ1n) is 5.76. The number of pyridine rings is 1. The molecule has 0 fully saturated rings. The van der Waals surface area contributed by atoms with E-state index >= 15 is 0 Å². The van der Waals surface area contributed by atoms with Gasteiger partial charge in [0.05, 0.1) is 23.1 Å². The molecule has 6 nitrogen and oxygen atoms in total. The Labute approximate surface area is 108 Å². The smallest absolute Gasteiger partial charge is 0.273 e. The molecule has 0 spiro atoms. The first-order chi connectivity index (χ1) is 9.25. The summed E-state index contributed by atoms with van der Waals surface area (Å²) in [7, 11) is 0. The van der Waals surface area contributed by atoms with Gasteiger partial charge in [0.25, 0.3) is 5.56 Å². The van der Waals surface area contributed by atoms with Gasteiger partial charge in [-0.3, -0.25) is 14.9 Å². The van der Waals surface area contributed by atoms with Gasteiger partial charge < -0.3 is 0 Å². The first kappa shape index (κ1) is 11.3. The van der Waals surface area contributed by atoms with E-state index < -0.39 is 0 Å². The summed E-state index contributed by atoms with van der Waals surface area (Å²) in [6, 6.07) is 5.42. The Bertz CT molecular complexity index is 760. The van der Waals surface area contributed by atoms with E-state index in [1.165, 1.54) is 0 Å². The third-order valence-corrected chi connectivity index (χ3v) is 2.88. The van der Waals surface area contributed by atoms with Gasteiger partial charge in [-0.1, -0.05) is 0 Å². The van der Waals surface area contributed by atoms with Crippen molar-refractivity contribution in [1.82, 2.24) is 25.4 Å². The Morgan fingerprint density at radius 2 is 1.95 bits per heavy atom. The van der Waals surface area contributed by atoms with Gasteiger partial charge in [-0.05, 0) is 30.7 Å². The highest BCUT2D eigenvalue weighted by Crippen LogP contribution is 2.21. The van der Waals surface area contributed by atoms with E-state index in [9.17, 15) is 4.79 Å². The van der Waals surface area contributed by atoms with Crippen LogP contribution in [0.1, 0.15) is 5.56 Å². The van der Waals surface area contributed by atoms with Gasteiger partial charge >= 0.3 is 0 Å². The number of nitrogens with zero attached hydrogens (tertiary/aromatic N) is 3. The van der Waals surface area contributed by atoms with E-state index in [0.29, 0.717) is 17.0 Å². The SMILES string of the molecule is Cc1cn[nH]c1-c1cc(-c2ccncc2)n[nH]c1=O. The summed E-state index contributed by atoms with van der Waals surface area (Å²) < 4.78 is 0. The second-order valence-corrected chi connectivity index (χ2v) is 4.16. The van der Waals surface area contributed by atoms with Crippen molar-refractivity contribution in [2.75, 3.05) is 0 Å². The predicted molar refractivity (Wildman–Crippen MR) is 70.4 cm³/mol. The topological polar surface area (TPSA) is 87.3 Å². The third-order valence-electron chi connectivity index (χ3n) is 2.88. The lowest BCUT2D eigenvalue weighted by molar-refractivity contribution is 0.990. The number of hydrogen-bond acceptors (Lipinski definition) is 4. The van der Waals surface area contributed by atoms with Crippen molar-refractivity contribution in [3.05, 3.63) is 52.7 Å². The van der Waals surface area contributed by atoms with E-state index in [-0.39, 0.29) is 5.56 Å². The van der Waals surface area contributed by atoms with Crippen LogP contribution in [0.2, 0.25) is 0 Å². The van der Waals surface area contributed by atoms with E-state index in [2.05, 4.69) is 25.4 Å². The monoisotopic (exact) mass is 253 g/mol. The van der Waals surface area contributed by atoms with Crippen LogP contribution in [0.4, 0.5) is 0 Å². The second-order valence-electron chi connectivity index (χ2n) is 4.16. The molecule has 0 unspecified atom stereocenters. The van der Waals surface area contributed by atoms with E-state index in [1.807, 2.05) is 19.1 Å². The van der Waals surface area contributed by atoms with Crippen molar-refractivity contribution >= 4 is 0 Å². The number of aryl methyl sites for hydroxylation is 1. The summed E-state index contributed by atoms with van der Waals surface area (Å²) in [5.74, 6) is 0. The van der Waals surface area contributed by atoms with Gasteiger partial charge in [0, 0.05) is 18.0 Å². The number of H-pyrrole nitrogens is 2. The fourth-order valence-corrected chi connectivity index (χ4v) is 1.88. The maximum Gasteiger partial charge on any atom is 0.273 e. The molecule has 0 aromatic carbocycles. The zero-order valence-electron chi connectivity index (χ0n) is 10.2. The van der Waals surface area contributed by atoms with Crippen LogP contribution in [0, 0.1) is 6.92 Å². The Morgan fingerprint density at radius 1 is 1.16 bits per heavy atom. The van der Waals surface area contributed by atoms with Crippen molar-refractivity contribution in [1.29, 1.82) is 0 Å². The molecule has 19 heavy (non-hydrogen) atoms. The minimum absolute atomic E-state index is 0.245. The highest BCUT2D eigenvalue weighted by molar-refractivity contribution is 5.68. The van der Waals surface area contributed by atoms with Crippen LogP contribution in [0.5, 0.6) is 0 Å². The average molecular weight is 253 g/mol. The van der Waals surface area contributed by atoms with Gasteiger partial charge in [0.1, 0.15) is 0 Å². The normalized spacial score (nSPS) is 10.6. The molecule has 0 radical (unpaired) electrons. The minimum atomic E-state index is -0.245. The molecular weight excluding hydrogens is 242 g/mol. The van der Waals surface area contributed by atoms with E-state index in [1.54, 1.807) is 24.7 Å². The third kappa shape index (κ3) is 2.03. The number of hydrogen-bond donors (Lipinski definition) is 2. The Kier molecular flexibility index (Phi) is 2.68. The Hall–Kier alpha value is -2.76. The quantitative estimate of drug-likeness (QED) is 0.725. The summed E-state index contributed by atoms with van der Waals surface area (Å²) in [5.41, 5.74) is 3.48. The van der Waals surface area contributed by atoms with Crippen molar-refractivity contribution in [3.8, 4) is 22.5 Å². The fraction of sp³-hybridized carbons (Fsp3) is 0.0769. The largest absolute Gasteiger partial charge is 0.277 e. The van der Waals surface area contributed by atoms with Crippen LogP contribution in [-0.4, -0.2) is 25.4 Å². The zero-order chi connectivity index (χ0) is 13.2. The molecule has 0 amide bonds. The fourth-order valence-electron chi connectivity index (χ4n) is 1.88. The molecule has 0 aliphatic carbocycles. The van der Waals surface area contributed by atoms with Gasteiger partial charge in [-0.15, -0.1) is 0 Å². The highest BCUT2D eigenvalue weighted by Gasteiger charge is 2.11. The van der Waals surface area contributed by atoms with Crippen LogP contribution in [0.3, 0.4) is 0 Å². The molecule has 0 saturated heterocycles. The summed E-state index contributed by atoms with van der Waals surface area (Å²) >= 11 is 0. The molecule has 0 atom stereocenters. The number of rotatable bonds is 2. The Balaban J connectivity index is 2.17.